The molecule has 0 spiro atoms. The summed E-state index contributed by atoms with van der Waals surface area (Å²) in [5.74, 6) is -0.735. The molecule has 6 heteroatoms. The number of hydrogen-bond donors (Lipinski definition) is 1. The predicted octanol–water partition coefficient (Wildman–Crippen LogP) is 4.79. The van der Waals surface area contributed by atoms with Crippen LogP contribution < -0.4 is 10.1 Å². The Balaban J connectivity index is 2.06. The van der Waals surface area contributed by atoms with Crippen LogP contribution in [0.3, 0.4) is 0 Å². The standard InChI is InChI=1S/C16H12Cl2FNO2/c1-22-15-6-2-10(8-13(15)19)3-7-16(21)20-14-5-4-11(17)9-12(14)18/h2-9H,1H3,(H,20,21)/b7-3+. The second-order valence-corrected chi connectivity index (χ2v) is 5.18. The number of methoxy groups -OCH3 is 1. The molecule has 1 amide bonds. The normalized spacial score (nSPS) is 10.7. The van der Waals surface area contributed by atoms with Gasteiger partial charge in [-0.3, -0.25) is 4.79 Å². The van der Waals surface area contributed by atoms with Crippen LogP contribution in [-0.2, 0) is 4.79 Å². The first kappa shape index (κ1) is 16.3. The highest BCUT2D eigenvalue weighted by Gasteiger charge is 2.05. The molecule has 0 aliphatic heterocycles. The van der Waals surface area contributed by atoms with Crippen LogP contribution in [0.4, 0.5) is 10.1 Å². The summed E-state index contributed by atoms with van der Waals surface area (Å²) in [5, 5.41) is 3.43. The van der Waals surface area contributed by atoms with E-state index in [0.29, 0.717) is 21.3 Å². The number of benzene rings is 2. The van der Waals surface area contributed by atoms with Crippen molar-refractivity contribution in [1.82, 2.24) is 0 Å². The van der Waals surface area contributed by atoms with E-state index in [1.807, 2.05) is 0 Å². The number of carbonyl (C=O) groups is 1. The number of ether oxygens (including phenoxy) is 1. The van der Waals surface area contributed by atoms with Gasteiger partial charge in [-0.05, 0) is 42.0 Å². The van der Waals surface area contributed by atoms with Gasteiger partial charge in [0.25, 0.3) is 0 Å². The van der Waals surface area contributed by atoms with E-state index in [1.165, 1.54) is 37.5 Å². The van der Waals surface area contributed by atoms with Crippen LogP contribution in [-0.4, -0.2) is 13.0 Å². The maximum Gasteiger partial charge on any atom is 0.248 e. The molecule has 2 aromatic rings. The van der Waals surface area contributed by atoms with Crippen LogP contribution in [0.1, 0.15) is 5.56 Å². The molecular weight excluding hydrogens is 328 g/mol. The summed E-state index contributed by atoms with van der Waals surface area (Å²) in [7, 11) is 1.39. The molecule has 0 saturated heterocycles. The van der Waals surface area contributed by atoms with Gasteiger partial charge >= 0.3 is 0 Å². The Bertz CT molecular complexity index is 732. The summed E-state index contributed by atoms with van der Waals surface area (Å²) < 4.78 is 18.3. The zero-order valence-electron chi connectivity index (χ0n) is 11.6. The second kappa shape index (κ2) is 7.29. The summed E-state index contributed by atoms with van der Waals surface area (Å²) in [5.41, 5.74) is 0.984. The van der Waals surface area contributed by atoms with E-state index in [0.717, 1.165) is 0 Å². The monoisotopic (exact) mass is 339 g/mol. The van der Waals surface area contributed by atoms with Crippen molar-refractivity contribution < 1.29 is 13.9 Å². The molecule has 0 aliphatic rings. The van der Waals surface area contributed by atoms with E-state index in [2.05, 4.69) is 5.32 Å². The van der Waals surface area contributed by atoms with E-state index in [4.69, 9.17) is 27.9 Å². The molecule has 0 unspecified atom stereocenters. The molecule has 0 fully saturated rings. The fourth-order valence-corrected chi connectivity index (χ4v) is 2.18. The smallest absolute Gasteiger partial charge is 0.248 e. The predicted molar refractivity (Wildman–Crippen MR) is 87.1 cm³/mol. The third-order valence-corrected chi connectivity index (χ3v) is 3.34. The lowest BCUT2D eigenvalue weighted by Crippen LogP contribution is -2.08. The van der Waals surface area contributed by atoms with E-state index >= 15 is 0 Å². The quantitative estimate of drug-likeness (QED) is 0.813. The number of carbonyl (C=O) groups excluding carboxylic acids is 1. The highest BCUT2D eigenvalue weighted by atomic mass is 35.5. The van der Waals surface area contributed by atoms with Crippen molar-refractivity contribution in [2.45, 2.75) is 0 Å². The van der Waals surface area contributed by atoms with Gasteiger partial charge in [-0.25, -0.2) is 4.39 Å². The number of nitrogens with one attached hydrogen (secondary N) is 1. The topological polar surface area (TPSA) is 38.3 Å². The Morgan fingerprint density at radius 2 is 2.00 bits per heavy atom. The van der Waals surface area contributed by atoms with Crippen LogP contribution in [0.15, 0.2) is 42.5 Å². The zero-order chi connectivity index (χ0) is 16.1. The molecule has 0 saturated carbocycles. The van der Waals surface area contributed by atoms with Crippen molar-refractivity contribution in [2.75, 3.05) is 12.4 Å². The van der Waals surface area contributed by atoms with E-state index in [1.54, 1.807) is 18.2 Å². The molecule has 0 atom stereocenters. The van der Waals surface area contributed by atoms with Gasteiger partial charge in [0.15, 0.2) is 11.6 Å². The molecule has 0 heterocycles. The van der Waals surface area contributed by atoms with E-state index < -0.39 is 5.82 Å². The molecule has 2 rings (SSSR count). The third kappa shape index (κ3) is 4.23. The number of hydrogen-bond acceptors (Lipinski definition) is 2. The molecule has 0 aromatic heterocycles. The lowest BCUT2D eigenvalue weighted by molar-refractivity contribution is -0.111. The number of anilines is 1. The molecule has 0 bridgehead atoms. The summed E-state index contributed by atoms with van der Waals surface area (Å²) in [4.78, 5) is 11.8. The highest BCUT2D eigenvalue weighted by Crippen LogP contribution is 2.25. The maximum atomic E-state index is 13.5. The van der Waals surface area contributed by atoms with Gasteiger partial charge in [-0.2, -0.15) is 0 Å². The largest absolute Gasteiger partial charge is 0.494 e. The number of rotatable bonds is 4. The van der Waals surface area contributed by atoms with Gasteiger partial charge in [0.05, 0.1) is 17.8 Å². The van der Waals surface area contributed by atoms with Gasteiger partial charge in [-0.1, -0.05) is 29.3 Å². The Morgan fingerprint density at radius 1 is 1.23 bits per heavy atom. The van der Waals surface area contributed by atoms with Gasteiger partial charge in [-0.15, -0.1) is 0 Å². The molecule has 22 heavy (non-hydrogen) atoms. The van der Waals surface area contributed by atoms with Gasteiger partial charge in [0, 0.05) is 11.1 Å². The summed E-state index contributed by atoms with van der Waals surface area (Å²) in [6.07, 6.45) is 2.77. The van der Waals surface area contributed by atoms with E-state index in [-0.39, 0.29) is 11.7 Å². The lowest BCUT2D eigenvalue weighted by Gasteiger charge is -2.05. The molecule has 0 radical (unpaired) electrons. The first-order valence-corrected chi connectivity index (χ1v) is 7.03. The van der Waals surface area contributed by atoms with Crippen LogP contribution in [0, 0.1) is 5.82 Å². The van der Waals surface area contributed by atoms with Crippen molar-refractivity contribution in [3.8, 4) is 5.75 Å². The molecule has 3 nitrogen and oxygen atoms in total. The first-order valence-electron chi connectivity index (χ1n) is 6.27. The maximum absolute atomic E-state index is 13.5. The van der Waals surface area contributed by atoms with Crippen LogP contribution in [0.25, 0.3) is 6.08 Å². The van der Waals surface area contributed by atoms with Crippen molar-refractivity contribution in [3.05, 3.63) is 63.9 Å². The Labute approximate surface area is 137 Å². The Hall–Kier alpha value is -2.04. The van der Waals surface area contributed by atoms with Crippen LogP contribution in [0.5, 0.6) is 5.75 Å². The molecule has 2 aromatic carbocycles. The zero-order valence-corrected chi connectivity index (χ0v) is 13.1. The van der Waals surface area contributed by atoms with E-state index in [9.17, 15) is 9.18 Å². The fourth-order valence-electron chi connectivity index (χ4n) is 1.72. The van der Waals surface area contributed by atoms with Crippen molar-refractivity contribution in [2.24, 2.45) is 0 Å². The van der Waals surface area contributed by atoms with Crippen molar-refractivity contribution in [1.29, 1.82) is 0 Å². The van der Waals surface area contributed by atoms with Gasteiger partial charge in [0.1, 0.15) is 0 Å². The SMILES string of the molecule is COc1ccc(/C=C/C(=O)Nc2ccc(Cl)cc2Cl)cc1F. The number of halogens is 3. The lowest BCUT2D eigenvalue weighted by atomic mass is 10.2. The van der Waals surface area contributed by atoms with Crippen LogP contribution >= 0.6 is 23.2 Å². The minimum atomic E-state index is -0.495. The molecule has 0 aliphatic carbocycles. The second-order valence-electron chi connectivity index (χ2n) is 4.34. The molecular formula is C16H12Cl2FNO2. The average Bonchev–Trinajstić information content (AvgIpc) is 2.48. The average molecular weight is 340 g/mol. The summed E-state index contributed by atoms with van der Waals surface area (Å²) in [6, 6.07) is 9.15. The summed E-state index contributed by atoms with van der Waals surface area (Å²) >= 11 is 11.7. The fraction of sp³-hybridized carbons (Fsp3) is 0.0625. The Morgan fingerprint density at radius 3 is 2.64 bits per heavy atom. The van der Waals surface area contributed by atoms with Crippen molar-refractivity contribution in [3.63, 3.8) is 0 Å². The molecule has 114 valence electrons. The third-order valence-electron chi connectivity index (χ3n) is 2.79. The number of amides is 1. The first-order chi connectivity index (χ1) is 10.5. The van der Waals surface area contributed by atoms with Gasteiger partial charge < -0.3 is 10.1 Å². The van der Waals surface area contributed by atoms with Gasteiger partial charge in [0.2, 0.25) is 5.91 Å². The minimum Gasteiger partial charge on any atom is -0.494 e. The molecule has 1 N–H and O–H groups in total. The van der Waals surface area contributed by atoms with Crippen molar-refractivity contribution >= 4 is 40.9 Å². The highest BCUT2D eigenvalue weighted by molar-refractivity contribution is 6.36. The minimum absolute atomic E-state index is 0.148. The Kier molecular flexibility index (Phi) is 5.41. The summed E-state index contributed by atoms with van der Waals surface area (Å²) in [6.45, 7) is 0. The van der Waals surface area contributed by atoms with Crippen LogP contribution in [0.2, 0.25) is 10.0 Å².